The Hall–Kier alpha value is -2.97. The van der Waals surface area contributed by atoms with Crippen LogP contribution in [0.4, 0.5) is 16.2 Å². The van der Waals surface area contributed by atoms with Gasteiger partial charge in [-0.05, 0) is 18.9 Å². The van der Waals surface area contributed by atoms with Gasteiger partial charge in [-0.2, -0.15) is 0 Å². The van der Waals surface area contributed by atoms with Gasteiger partial charge in [-0.25, -0.2) is 4.79 Å². The number of nitrogens with zero attached hydrogens (tertiary/aromatic N) is 4. The molecule has 1 aliphatic rings. The van der Waals surface area contributed by atoms with E-state index in [2.05, 4.69) is 25.4 Å². The zero-order valence-corrected chi connectivity index (χ0v) is 13.8. The van der Waals surface area contributed by atoms with Gasteiger partial charge < -0.3 is 15.2 Å². The van der Waals surface area contributed by atoms with E-state index < -0.39 is 11.0 Å². The maximum atomic E-state index is 11.9. The van der Waals surface area contributed by atoms with E-state index in [9.17, 15) is 14.9 Å². The first-order valence-corrected chi connectivity index (χ1v) is 8.34. The molecule has 0 unspecified atom stereocenters. The Morgan fingerprint density at radius 1 is 1.28 bits per heavy atom. The second kappa shape index (κ2) is 7.73. The SMILES string of the molecule is O=C(NCCc1nnc2n1CCCCC2)Nc1cccc([N+](=O)[O-])c1. The zero-order valence-electron chi connectivity index (χ0n) is 13.8. The number of fused-ring (bicyclic) bond motifs is 1. The molecule has 0 radical (unpaired) electrons. The quantitative estimate of drug-likeness (QED) is 0.638. The van der Waals surface area contributed by atoms with Crippen LogP contribution in [0.15, 0.2) is 24.3 Å². The van der Waals surface area contributed by atoms with Crippen LogP contribution in [0.5, 0.6) is 0 Å². The summed E-state index contributed by atoms with van der Waals surface area (Å²) in [6, 6.07) is 5.42. The molecule has 132 valence electrons. The number of nitro groups is 1. The van der Waals surface area contributed by atoms with Crippen molar-refractivity contribution in [2.75, 3.05) is 11.9 Å². The number of rotatable bonds is 5. The molecule has 1 aromatic carbocycles. The number of non-ortho nitro benzene ring substituents is 1. The first kappa shape index (κ1) is 16.9. The van der Waals surface area contributed by atoms with Gasteiger partial charge in [0.2, 0.25) is 0 Å². The number of nitro benzene ring substituents is 1. The number of carbonyl (C=O) groups excluding carboxylic acids is 1. The Balaban J connectivity index is 1.51. The summed E-state index contributed by atoms with van der Waals surface area (Å²) in [4.78, 5) is 22.2. The average Bonchev–Trinajstić information content (AvgIpc) is 2.82. The summed E-state index contributed by atoms with van der Waals surface area (Å²) in [6.45, 7) is 1.34. The van der Waals surface area contributed by atoms with Crippen LogP contribution in [0.25, 0.3) is 0 Å². The minimum atomic E-state index is -0.500. The molecule has 25 heavy (non-hydrogen) atoms. The minimum Gasteiger partial charge on any atom is -0.337 e. The third-order valence-electron chi connectivity index (χ3n) is 4.14. The fraction of sp³-hybridized carbons (Fsp3) is 0.438. The molecule has 2 N–H and O–H groups in total. The van der Waals surface area contributed by atoms with Crippen LogP contribution in [-0.2, 0) is 19.4 Å². The number of anilines is 1. The van der Waals surface area contributed by atoms with Crippen molar-refractivity contribution in [1.82, 2.24) is 20.1 Å². The predicted octanol–water partition coefficient (Wildman–Crippen LogP) is 2.28. The number of hydrogen-bond acceptors (Lipinski definition) is 5. The molecule has 9 heteroatoms. The summed E-state index contributed by atoms with van der Waals surface area (Å²) in [5.41, 5.74) is 0.312. The van der Waals surface area contributed by atoms with Crippen LogP contribution in [0, 0.1) is 10.1 Å². The number of carbonyl (C=O) groups is 1. The maximum Gasteiger partial charge on any atom is 0.319 e. The molecule has 0 spiro atoms. The molecular formula is C16H20N6O3. The monoisotopic (exact) mass is 344 g/mol. The zero-order chi connectivity index (χ0) is 17.6. The Morgan fingerprint density at radius 3 is 3.00 bits per heavy atom. The normalized spacial score (nSPS) is 13.6. The Kier molecular flexibility index (Phi) is 5.22. The van der Waals surface area contributed by atoms with Gasteiger partial charge in [0.25, 0.3) is 5.69 Å². The summed E-state index contributed by atoms with van der Waals surface area (Å²) < 4.78 is 2.15. The molecule has 0 atom stereocenters. The van der Waals surface area contributed by atoms with E-state index in [4.69, 9.17) is 0 Å². The van der Waals surface area contributed by atoms with Gasteiger partial charge in [-0.3, -0.25) is 10.1 Å². The van der Waals surface area contributed by atoms with Crippen LogP contribution in [0.1, 0.15) is 30.9 Å². The number of hydrogen-bond donors (Lipinski definition) is 2. The van der Waals surface area contributed by atoms with Gasteiger partial charge in [0.1, 0.15) is 11.6 Å². The molecule has 0 fully saturated rings. The van der Waals surface area contributed by atoms with Gasteiger partial charge in [0.05, 0.1) is 4.92 Å². The maximum absolute atomic E-state index is 11.9. The molecule has 1 aliphatic heterocycles. The fourth-order valence-corrected chi connectivity index (χ4v) is 2.89. The largest absolute Gasteiger partial charge is 0.337 e. The van der Waals surface area contributed by atoms with Gasteiger partial charge in [-0.15, -0.1) is 10.2 Å². The summed E-state index contributed by atoms with van der Waals surface area (Å²) in [6.07, 6.45) is 5.01. The predicted molar refractivity (Wildman–Crippen MR) is 91.4 cm³/mol. The second-order valence-electron chi connectivity index (χ2n) is 5.93. The Morgan fingerprint density at radius 2 is 2.16 bits per heavy atom. The molecule has 2 aromatic rings. The second-order valence-corrected chi connectivity index (χ2v) is 5.93. The van der Waals surface area contributed by atoms with Crippen LogP contribution >= 0.6 is 0 Å². The van der Waals surface area contributed by atoms with Crippen LogP contribution in [-0.4, -0.2) is 32.3 Å². The summed E-state index contributed by atoms with van der Waals surface area (Å²) in [7, 11) is 0. The van der Waals surface area contributed by atoms with E-state index in [0.29, 0.717) is 18.7 Å². The van der Waals surface area contributed by atoms with E-state index in [-0.39, 0.29) is 5.69 Å². The number of benzene rings is 1. The van der Waals surface area contributed by atoms with Crippen molar-refractivity contribution in [2.24, 2.45) is 0 Å². The van der Waals surface area contributed by atoms with E-state index in [1.54, 1.807) is 6.07 Å². The van der Waals surface area contributed by atoms with E-state index in [0.717, 1.165) is 37.5 Å². The summed E-state index contributed by atoms with van der Waals surface area (Å²) in [5.74, 6) is 1.90. The molecule has 2 amide bonds. The van der Waals surface area contributed by atoms with Gasteiger partial charge in [0, 0.05) is 43.8 Å². The van der Waals surface area contributed by atoms with Crippen molar-refractivity contribution in [3.63, 3.8) is 0 Å². The highest BCUT2D eigenvalue weighted by molar-refractivity contribution is 5.89. The summed E-state index contributed by atoms with van der Waals surface area (Å²) >= 11 is 0. The van der Waals surface area contributed by atoms with E-state index in [1.165, 1.54) is 24.6 Å². The fourth-order valence-electron chi connectivity index (χ4n) is 2.89. The molecule has 9 nitrogen and oxygen atoms in total. The molecule has 0 saturated carbocycles. The lowest BCUT2D eigenvalue weighted by Gasteiger charge is -2.09. The Bertz CT molecular complexity index is 773. The van der Waals surface area contributed by atoms with Crippen molar-refractivity contribution < 1.29 is 9.72 Å². The van der Waals surface area contributed by atoms with Crippen molar-refractivity contribution in [2.45, 2.75) is 38.6 Å². The number of aryl methyl sites for hydroxylation is 1. The van der Waals surface area contributed by atoms with E-state index in [1.807, 2.05) is 0 Å². The standard InChI is InChI=1S/C16H20N6O3/c23-16(18-12-5-4-6-13(11-12)22(24)25)17-9-8-15-20-19-14-7-2-1-3-10-21(14)15/h4-6,11H,1-3,7-10H2,(H2,17,18,23). The van der Waals surface area contributed by atoms with Crippen LogP contribution < -0.4 is 10.6 Å². The van der Waals surface area contributed by atoms with Crippen molar-refractivity contribution in [3.8, 4) is 0 Å². The van der Waals surface area contributed by atoms with Crippen molar-refractivity contribution in [3.05, 3.63) is 46.0 Å². The van der Waals surface area contributed by atoms with Crippen molar-refractivity contribution in [1.29, 1.82) is 0 Å². The van der Waals surface area contributed by atoms with Crippen molar-refractivity contribution >= 4 is 17.4 Å². The first-order chi connectivity index (χ1) is 12.1. The average molecular weight is 344 g/mol. The highest BCUT2D eigenvalue weighted by atomic mass is 16.6. The van der Waals surface area contributed by atoms with Crippen LogP contribution in [0.2, 0.25) is 0 Å². The molecule has 1 aromatic heterocycles. The molecule has 0 saturated heterocycles. The highest BCUT2D eigenvalue weighted by Gasteiger charge is 2.14. The molecular weight excluding hydrogens is 324 g/mol. The number of urea groups is 1. The number of aromatic nitrogens is 3. The first-order valence-electron chi connectivity index (χ1n) is 8.34. The lowest BCUT2D eigenvalue weighted by Crippen LogP contribution is -2.31. The lowest BCUT2D eigenvalue weighted by molar-refractivity contribution is -0.384. The molecule has 3 rings (SSSR count). The van der Waals surface area contributed by atoms with Gasteiger partial charge >= 0.3 is 6.03 Å². The summed E-state index contributed by atoms with van der Waals surface area (Å²) in [5, 5.41) is 24.5. The topological polar surface area (TPSA) is 115 Å². The smallest absolute Gasteiger partial charge is 0.319 e. The highest BCUT2D eigenvalue weighted by Crippen LogP contribution is 2.17. The number of nitrogens with one attached hydrogen (secondary N) is 2. The van der Waals surface area contributed by atoms with Gasteiger partial charge in [-0.1, -0.05) is 12.5 Å². The molecule has 0 bridgehead atoms. The third kappa shape index (κ3) is 4.31. The molecule has 0 aliphatic carbocycles. The molecule has 2 heterocycles. The Labute approximate surface area is 144 Å². The third-order valence-corrected chi connectivity index (χ3v) is 4.14. The van der Waals surface area contributed by atoms with E-state index >= 15 is 0 Å². The van der Waals surface area contributed by atoms with Gasteiger partial charge in [0.15, 0.2) is 0 Å². The number of amides is 2. The minimum absolute atomic E-state index is 0.0658. The van der Waals surface area contributed by atoms with Crippen LogP contribution in [0.3, 0.4) is 0 Å². The lowest BCUT2D eigenvalue weighted by atomic mass is 10.2.